The lowest BCUT2D eigenvalue weighted by atomic mass is 10.4. The predicted molar refractivity (Wildman–Crippen MR) is 54.1 cm³/mol. The highest BCUT2D eigenvalue weighted by atomic mass is 32.2. The Labute approximate surface area is 85.5 Å². The van der Waals surface area contributed by atoms with Crippen molar-refractivity contribution in [3.8, 4) is 0 Å². The molecular formula is C7H15N5OS. The molecule has 0 spiro atoms. The van der Waals surface area contributed by atoms with Gasteiger partial charge < -0.3 is 5.32 Å². The van der Waals surface area contributed by atoms with Gasteiger partial charge in [-0.25, -0.2) is 4.68 Å². The average molecular weight is 217 g/mol. The highest BCUT2D eigenvalue weighted by molar-refractivity contribution is 7.84. The van der Waals surface area contributed by atoms with Crippen LogP contribution in [0.5, 0.6) is 0 Å². The van der Waals surface area contributed by atoms with Crippen LogP contribution in [0.4, 0.5) is 0 Å². The second-order valence-corrected chi connectivity index (χ2v) is 4.92. The van der Waals surface area contributed by atoms with Crippen LogP contribution >= 0.6 is 0 Å². The molecule has 0 aromatic carbocycles. The van der Waals surface area contributed by atoms with Crippen LogP contribution in [0.25, 0.3) is 0 Å². The van der Waals surface area contributed by atoms with Gasteiger partial charge in [-0.3, -0.25) is 4.21 Å². The number of nitrogens with one attached hydrogen (secondary N) is 1. The summed E-state index contributed by atoms with van der Waals surface area (Å²) in [6.45, 7) is 3.13. The standard InChI is InChI=1S/C7H15N5OS/c1-6(14(3)13)5-12-7(4-8-2)9-10-11-12/h6,8H,4-5H2,1-3H3. The van der Waals surface area contributed by atoms with Crippen molar-refractivity contribution in [1.82, 2.24) is 25.5 Å². The average Bonchev–Trinajstić information content (AvgIpc) is 2.53. The van der Waals surface area contributed by atoms with Gasteiger partial charge in [0, 0.05) is 17.1 Å². The summed E-state index contributed by atoms with van der Waals surface area (Å²) in [6, 6.07) is 0. The van der Waals surface area contributed by atoms with E-state index in [1.807, 2.05) is 14.0 Å². The maximum atomic E-state index is 11.2. The van der Waals surface area contributed by atoms with E-state index in [0.717, 1.165) is 5.82 Å². The molecule has 1 rings (SSSR count). The Hall–Kier alpha value is -0.820. The second-order valence-electron chi connectivity index (χ2n) is 3.12. The van der Waals surface area contributed by atoms with Crippen molar-refractivity contribution >= 4 is 10.8 Å². The third-order valence-corrected chi connectivity index (χ3v) is 3.22. The van der Waals surface area contributed by atoms with Gasteiger partial charge in [-0.2, -0.15) is 0 Å². The maximum absolute atomic E-state index is 11.2. The van der Waals surface area contributed by atoms with Crippen molar-refractivity contribution < 1.29 is 4.21 Å². The molecule has 1 N–H and O–H groups in total. The first-order valence-electron chi connectivity index (χ1n) is 4.37. The zero-order valence-corrected chi connectivity index (χ0v) is 9.41. The molecule has 0 saturated carbocycles. The molecule has 0 amide bonds. The minimum atomic E-state index is -0.844. The summed E-state index contributed by atoms with van der Waals surface area (Å²) in [7, 11) is 0.990. The first kappa shape index (κ1) is 11.3. The topological polar surface area (TPSA) is 72.7 Å². The number of nitrogens with zero attached hydrogens (tertiary/aromatic N) is 4. The van der Waals surface area contributed by atoms with Gasteiger partial charge in [-0.15, -0.1) is 5.10 Å². The third-order valence-electron chi connectivity index (χ3n) is 1.94. The lowest BCUT2D eigenvalue weighted by Gasteiger charge is -2.08. The first-order chi connectivity index (χ1) is 6.65. The molecule has 0 aliphatic heterocycles. The predicted octanol–water partition coefficient (Wildman–Crippen LogP) is -0.841. The Balaban J connectivity index is 2.66. The highest BCUT2D eigenvalue weighted by Gasteiger charge is 2.11. The van der Waals surface area contributed by atoms with Crippen LogP contribution in [0, 0.1) is 0 Å². The molecule has 0 fully saturated rings. The van der Waals surface area contributed by atoms with Gasteiger partial charge in [0.15, 0.2) is 5.82 Å². The zero-order chi connectivity index (χ0) is 10.6. The normalized spacial score (nSPS) is 15.4. The molecule has 2 unspecified atom stereocenters. The Kier molecular flexibility index (Phi) is 4.15. The number of aromatic nitrogens is 4. The maximum Gasteiger partial charge on any atom is 0.165 e. The van der Waals surface area contributed by atoms with Crippen molar-refractivity contribution in [2.45, 2.75) is 25.3 Å². The Bertz CT molecular complexity index is 313. The van der Waals surface area contributed by atoms with Crippen LogP contribution in [0.2, 0.25) is 0 Å². The molecule has 0 bridgehead atoms. The third kappa shape index (κ3) is 2.85. The quantitative estimate of drug-likeness (QED) is 0.696. The van der Waals surface area contributed by atoms with E-state index in [0.29, 0.717) is 13.1 Å². The molecule has 0 aliphatic carbocycles. The lowest BCUT2D eigenvalue weighted by molar-refractivity contribution is 0.544. The Morgan fingerprint density at radius 3 is 2.93 bits per heavy atom. The van der Waals surface area contributed by atoms with Crippen molar-refractivity contribution in [3.63, 3.8) is 0 Å². The summed E-state index contributed by atoms with van der Waals surface area (Å²) in [6.07, 6.45) is 1.69. The summed E-state index contributed by atoms with van der Waals surface area (Å²) in [5, 5.41) is 14.3. The second kappa shape index (κ2) is 5.16. The molecule has 6 nitrogen and oxygen atoms in total. The van der Waals surface area contributed by atoms with Crippen LogP contribution in [0.15, 0.2) is 0 Å². The zero-order valence-electron chi connectivity index (χ0n) is 8.60. The van der Waals surface area contributed by atoms with E-state index in [-0.39, 0.29) is 5.25 Å². The van der Waals surface area contributed by atoms with Gasteiger partial charge in [0.25, 0.3) is 0 Å². The van der Waals surface area contributed by atoms with Gasteiger partial charge in [0.2, 0.25) is 0 Å². The minimum Gasteiger partial charge on any atom is -0.313 e. The summed E-state index contributed by atoms with van der Waals surface area (Å²) < 4.78 is 12.8. The highest BCUT2D eigenvalue weighted by Crippen LogP contribution is 1.99. The number of tetrazole rings is 1. The monoisotopic (exact) mass is 217 g/mol. The smallest absolute Gasteiger partial charge is 0.165 e. The van der Waals surface area contributed by atoms with Crippen molar-refractivity contribution in [3.05, 3.63) is 5.82 Å². The minimum absolute atomic E-state index is 0.0640. The van der Waals surface area contributed by atoms with Crippen LogP contribution in [0.1, 0.15) is 12.7 Å². The van der Waals surface area contributed by atoms with Gasteiger partial charge in [0.05, 0.1) is 18.3 Å². The molecule has 0 aliphatic rings. The van der Waals surface area contributed by atoms with E-state index in [1.54, 1.807) is 10.9 Å². The Morgan fingerprint density at radius 2 is 2.36 bits per heavy atom. The molecule has 14 heavy (non-hydrogen) atoms. The molecule has 1 aromatic rings. The molecule has 80 valence electrons. The SMILES string of the molecule is CNCc1nnnn1CC(C)S(C)=O. The van der Waals surface area contributed by atoms with Crippen LogP contribution in [0.3, 0.4) is 0 Å². The number of hydrogen-bond acceptors (Lipinski definition) is 5. The summed E-state index contributed by atoms with van der Waals surface area (Å²) >= 11 is 0. The summed E-state index contributed by atoms with van der Waals surface area (Å²) in [5.74, 6) is 0.768. The van der Waals surface area contributed by atoms with E-state index < -0.39 is 10.8 Å². The van der Waals surface area contributed by atoms with Crippen molar-refractivity contribution in [1.29, 1.82) is 0 Å². The molecule has 0 radical (unpaired) electrons. The summed E-state index contributed by atoms with van der Waals surface area (Å²) in [5.41, 5.74) is 0. The van der Waals surface area contributed by atoms with E-state index >= 15 is 0 Å². The lowest BCUT2D eigenvalue weighted by Crippen LogP contribution is -2.22. The van der Waals surface area contributed by atoms with Crippen molar-refractivity contribution in [2.75, 3.05) is 13.3 Å². The fourth-order valence-corrected chi connectivity index (χ4v) is 1.35. The van der Waals surface area contributed by atoms with Crippen LogP contribution in [-0.2, 0) is 23.9 Å². The Morgan fingerprint density at radius 1 is 1.64 bits per heavy atom. The van der Waals surface area contributed by atoms with Gasteiger partial charge in [-0.1, -0.05) is 0 Å². The van der Waals surface area contributed by atoms with Gasteiger partial charge in [0.1, 0.15) is 0 Å². The number of hydrogen-bond donors (Lipinski definition) is 1. The summed E-state index contributed by atoms with van der Waals surface area (Å²) in [4.78, 5) is 0. The van der Waals surface area contributed by atoms with Crippen molar-refractivity contribution in [2.24, 2.45) is 0 Å². The molecule has 1 aromatic heterocycles. The fourth-order valence-electron chi connectivity index (χ4n) is 0.998. The van der Waals surface area contributed by atoms with E-state index in [2.05, 4.69) is 20.8 Å². The first-order valence-corrected chi connectivity index (χ1v) is 5.99. The van der Waals surface area contributed by atoms with Gasteiger partial charge >= 0.3 is 0 Å². The molecule has 1 heterocycles. The molecule has 0 saturated heterocycles. The largest absolute Gasteiger partial charge is 0.313 e. The molecule has 7 heteroatoms. The molecule has 2 atom stereocenters. The van der Waals surface area contributed by atoms with E-state index in [1.165, 1.54) is 0 Å². The van der Waals surface area contributed by atoms with Gasteiger partial charge in [-0.05, 0) is 24.4 Å². The van der Waals surface area contributed by atoms with Crippen LogP contribution in [-0.4, -0.2) is 43.0 Å². The van der Waals surface area contributed by atoms with Crippen LogP contribution < -0.4 is 5.32 Å². The van der Waals surface area contributed by atoms with E-state index in [4.69, 9.17) is 0 Å². The number of rotatable bonds is 5. The molecular weight excluding hydrogens is 202 g/mol. The van der Waals surface area contributed by atoms with E-state index in [9.17, 15) is 4.21 Å². The fraction of sp³-hybridized carbons (Fsp3) is 0.857.